The molecule has 2 nitrogen and oxygen atoms in total. The van der Waals surface area contributed by atoms with Crippen molar-refractivity contribution in [1.29, 1.82) is 0 Å². The molecule has 1 aromatic rings. The molecule has 0 amide bonds. The van der Waals surface area contributed by atoms with Gasteiger partial charge < -0.3 is 9.47 Å². The molecule has 0 unspecified atom stereocenters. The molecular formula is C11H15FO2. The number of aryl methyl sites for hydroxylation is 1. The Morgan fingerprint density at radius 1 is 1.29 bits per heavy atom. The Hall–Kier alpha value is -1.09. The van der Waals surface area contributed by atoms with E-state index in [1.807, 2.05) is 0 Å². The van der Waals surface area contributed by atoms with E-state index in [-0.39, 0.29) is 5.82 Å². The summed E-state index contributed by atoms with van der Waals surface area (Å²) in [5.74, 6) is 0.509. The van der Waals surface area contributed by atoms with Crippen molar-refractivity contribution in [2.45, 2.75) is 13.3 Å². The number of methoxy groups -OCH3 is 1. The molecule has 0 aliphatic carbocycles. The van der Waals surface area contributed by atoms with Gasteiger partial charge in [0.25, 0.3) is 0 Å². The van der Waals surface area contributed by atoms with Crippen molar-refractivity contribution < 1.29 is 13.9 Å². The highest BCUT2D eigenvalue weighted by Gasteiger charge is 1.99. The molecule has 0 heterocycles. The van der Waals surface area contributed by atoms with Crippen LogP contribution >= 0.6 is 0 Å². The highest BCUT2D eigenvalue weighted by atomic mass is 19.1. The number of hydrogen-bond donors (Lipinski definition) is 0. The Kier molecular flexibility index (Phi) is 4.40. The van der Waals surface area contributed by atoms with Crippen molar-refractivity contribution in [3.05, 3.63) is 29.6 Å². The van der Waals surface area contributed by atoms with Gasteiger partial charge in [-0.25, -0.2) is 4.39 Å². The van der Waals surface area contributed by atoms with Crippen molar-refractivity contribution in [3.63, 3.8) is 0 Å². The molecule has 14 heavy (non-hydrogen) atoms. The summed E-state index contributed by atoms with van der Waals surface area (Å²) in [4.78, 5) is 0. The smallest absolute Gasteiger partial charge is 0.126 e. The first-order chi connectivity index (χ1) is 6.74. The number of hydrogen-bond acceptors (Lipinski definition) is 2. The molecule has 0 aliphatic heterocycles. The molecule has 0 aromatic heterocycles. The average molecular weight is 198 g/mol. The zero-order chi connectivity index (χ0) is 10.4. The Bertz CT molecular complexity index is 287. The van der Waals surface area contributed by atoms with Crippen molar-refractivity contribution in [2.24, 2.45) is 0 Å². The monoisotopic (exact) mass is 198 g/mol. The lowest BCUT2D eigenvalue weighted by Gasteiger charge is -2.06. The van der Waals surface area contributed by atoms with Crippen molar-refractivity contribution in [2.75, 3.05) is 20.3 Å². The highest BCUT2D eigenvalue weighted by Crippen LogP contribution is 2.15. The standard InChI is InChI=1S/C11H15FO2/c1-9-8-10(4-5-11(9)12)14-7-3-6-13-2/h4-5,8H,3,6-7H2,1-2H3. The Morgan fingerprint density at radius 2 is 2.07 bits per heavy atom. The SMILES string of the molecule is COCCCOc1ccc(F)c(C)c1. The average Bonchev–Trinajstić information content (AvgIpc) is 2.18. The molecule has 1 rings (SSSR count). The van der Waals surface area contributed by atoms with Crippen LogP contribution in [0.1, 0.15) is 12.0 Å². The lowest BCUT2D eigenvalue weighted by Crippen LogP contribution is -2.01. The Balaban J connectivity index is 2.39. The maximum atomic E-state index is 12.9. The van der Waals surface area contributed by atoms with Gasteiger partial charge in [-0.3, -0.25) is 0 Å². The van der Waals surface area contributed by atoms with E-state index in [1.165, 1.54) is 6.07 Å². The molecule has 78 valence electrons. The molecular weight excluding hydrogens is 183 g/mol. The number of halogens is 1. The van der Waals surface area contributed by atoms with Gasteiger partial charge in [-0.2, -0.15) is 0 Å². The summed E-state index contributed by atoms with van der Waals surface area (Å²) >= 11 is 0. The van der Waals surface area contributed by atoms with Crippen LogP contribution in [0.5, 0.6) is 5.75 Å². The van der Waals surface area contributed by atoms with Crippen LogP contribution in [-0.2, 0) is 4.74 Å². The molecule has 0 fully saturated rings. The topological polar surface area (TPSA) is 18.5 Å². The van der Waals surface area contributed by atoms with Crippen LogP contribution < -0.4 is 4.74 Å². The molecule has 0 aliphatic rings. The second kappa shape index (κ2) is 5.60. The van der Waals surface area contributed by atoms with E-state index in [2.05, 4.69) is 0 Å². The lowest BCUT2D eigenvalue weighted by atomic mass is 10.2. The van der Waals surface area contributed by atoms with Gasteiger partial charge in [-0.1, -0.05) is 0 Å². The molecule has 0 saturated carbocycles. The van der Waals surface area contributed by atoms with Crippen LogP contribution in [-0.4, -0.2) is 20.3 Å². The van der Waals surface area contributed by atoms with Crippen molar-refractivity contribution >= 4 is 0 Å². The summed E-state index contributed by atoms with van der Waals surface area (Å²) in [7, 11) is 1.65. The quantitative estimate of drug-likeness (QED) is 0.677. The minimum atomic E-state index is -0.200. The van der Waals surface area contributed by atoms with Gasteiger partial charge in [0.2, 0.25) is 0 Å². The van der Waals surface area contributed by atoms with Crippen LogP contribution in [0.3, 0.4) is 0 Å². The second-order valence-electron chi connectivity index (χ2n) is 3.11. The second-order valence-corrected chi connectivity index (χ2v) is 3.11. The van der Waals surface area contributed by atoms with Gasteiger partial charge in [0.15, 0.2) is 0 Å². The molecule has 0 bridgehead atoms. The minimum absolute atomic E-state index is 0.200. The summed E-state index contributed by atoms with van der Waals surface area (Å²) in [6.45, 7) is 3.00. The zero-order valence-electron chi connectivity index (χ0n) is 8.55. The summed E-state index contributed by atoms with van der Waals surface area (Å²) in [6.07, 6.45) is 0.840. The van der Waals surface area contributed by atoms with Crippen molar-refractivity contribution in [1.82, 2.24) is 0 Å². The molecule has 3 heteroatoms. The number of rotatable bonds is 5. The summed E-state index contributed by atoms with van der Waals surface area (Å²) < 4.78 is 23.1. The molecule has 0 N–H and O–H groups in total. The minimum Gasteiger partial charge on any atom is -0.493 e. The van der Waals surface area contributed by atoms with Gasteiger partial charge in [-0.15, -0.1) is 0 Å². The summed E-state index contributed by atoms with van der Waals surface area (Å²) in [6, 6.07) is 4.75. The van der Waals surface area contributed by atoms with E-state index in [0.29, 0.717) is 24.5 Å². The van der Waals surface area contributed by atoms with Crippen LogP contribution in [0, 0.1) is 12.7 Å². The molecule has 0 atom stereocenters. The van der Waals surface area contributed by atoms with E-state index in [0.717, 1.165) is 6.42 Å². The molecule has 0 saturated heterocycles. The fourth-order valence-electron chi connectivity index (χ4n) is 1.10. The third-order valence-corrected chi connectivity index (χ3v) is 1.89. The van der Waals surface area contributed by atoms with Crippen LogP contribution in [0.2, 0.25) is 0 Å². The van der Waals surface area contributed by atoms with Gasteiger partial charge in [-0.05, 0) is 30.7 Å². The van der Waals surface area contributed by atoms with Crippen LogP contribution in [0.4, 0.5) is 4.39 Å². The van der Waals surface area contributed by atoms with Crippen molar-refractivity contribution in [3.8, 4) is 5.75 Å². The first-order valence-electron chi connectivity index (χ1n) is 4.62. The fourth-order valence-corrected chi connectivity index (χ4v) is 1.10. The molecule has 0 radical (unpaired) electrons. The Morgan fingerprint density at radius 3 is 2.71 bits per heavy atom. The maximum Gasteiger partial charge on any atom is 0.126 e. The molecule has 0 spiro atoms. The number of ether oxygens (including phenoxy) is 2. The van der Waals surface area contributed by atoms with Gasteiger partial charge in [0.05, 0.1) is 6.61 Å². The predicted molar refractivity (Wildman–Crippen MR) is 53.1 cm³/mol. The Labute approximate surface area is 83.6 Å². The third kappa shape index (κ3) is 3.34. The molecule has 1 aromatic carbocycles. The van der Waals surface area contributed by atoms with E-state index in [9.17, 15) is 4.39 Å². The first kappa shape index (κ1) is 11.0. The van der Waals surface area contributed by atoms with E-state index in [1.54, 1.807) is 26.2 Å². The normalized spacial score (nSPS) is 10.2. The van der Waals surface area contributed by atoms with Crippen LogP contribution in [0.25, 0.3) is 0 Å². The van der Waals surface area contributed by atoms with Gasteiger partial charge >= 0.3 is 0 Å². The summed E-state index contributed by atoms with van der Waals surface area (Å²) in [5.41, 5.74) is 0.606. The van der Waals surface area contributed by atoms with E-state index < -0.39 is 0 Å². The largest absolute Gasteiger partial charge is 0.493 e. The number of benzene rings is 1. The van der Waals surface area contributed by atoms with Crippen LogP contribution in [0.15, 0.2) is 18.2 Å². The van der Waals surface area contributed by atoms with E-state index in [4.69, 9.17) is 9.47 Å². The lowest BCUT2D eigenvalue weighted by molar-refractivity contribution is 0.172. The highest BCUT2D eigenvalue weighted by molar-refractivity contribution is 5.28. The predicted octanol–water partition coefficient (Wildman–Crippen LogP) is 2.55. The first-order valence-corrected chi connectivity index (χ1v) is 4.62. The fraction of sp³-hybridized carbons (Fsp3) is 0.455. The summed E-state index contributed by atoms with van der Waals surface area (Å²) in [5, 5.41) is 0. The maximum absolute atomic E-state index is 12.9. The van der Waals surface area contributed by atoms with E-state index >= 15 is 0 Å². The van der Waals surface area contributed by atoms with Gasteiger partial charge in [0, 0.05) is 20.1 Å². The van der Waals surface area contributed by atoms with Gasteiger partial charge in [0.1, 0.15) is 11.6 Å². The zero-order valence-corrected chi connectivity index (χ0v) is 8.55. The third-order valence-electron chi connectivity index (χ3n) is 1.89.